The van der Waals surface area contributed by atoms with Crippen LogP contribution in [0.1, 0.15) is 42.3 Å². The lowest BCUT2D eigenvalue weighted by molar-refractivity contribution is -0.120. The Bertz CT molecular complexity index is 1120. The first-order valence-electron chi connectivity index (χ1n) is 10.8. The Balaban J connectivity index is 1.66. The molecule has 172 valence electrons. The van der Waals surface area contributed by atoms with Gasteiger partial charge in [-0.25, -0.2) is 0 Å². The smallest absolute Gasteiger partial charge is 0.264 e. The molecule has 5 nitrogen and oxygen atoms in total. The molecular weight excluding hydrogens is 480 g/mol. The van der Waals surface area contributed by atoms with Crippen LogP contribution in [0.3, 0.4) is 0 Å². The number of likely N-dealkylation sites (N-methyl/N-ethyl adjacent to an activating group) is 1. The summed E-state index contributed by atoms with van der Waals surface area (Å²) in [6.45, 7) is 6.68. The van der Waals surface area contributed by atoms with E-state index in [4.69, 9.17) is 4.74 Å². The van der Waals surface area contributed by atoms with E-state index >= 15 is 0 Å². The van der Waals surface area contributed by atoms with Gasteiger partial charge in [0.2, 0.25) is 0 Å². The van der Waals surface area contributed by atoms with Gasteiger partial charge >= 0.3 is 0 Å². The van der Waals surface area contributed by atoms with Crippen molar-refractivity contribution in [1.29, 1.82) is 0 Å². The summed E-state index contributed by atoms with van der Waals surface area (Å²) >= 11 is 3.54. The van der Waals surface area contributed by atoms with E-state index < -0.39 is 0 Å². The van der Waals surface area contributed by atoms with Gasteiger partial charge in [0.05, 0.1) is 15.7 Å². The number of halogens is 1. The Morgan fingerprint density at radius 1 is 0.970 bits per heavy atom. The summed E-state index contributed by atoms with van der Waals surface area (Å²) in [5, 5.41) is 2.92. The van der Waals surface area contributed by atoms with Gasteiger partial charge in [0.1, 0.15) is 5.75 Å². The fraction of sp³-hybridized carbons (Fsp3) is 0.259. The number of hydrogen-bond acceptors (Lipinski definition) is 3. The van der Waals surface area contributed by atoms with Gasteiger partial charge < -0.3 is 15.0 Å². The van der Waals surface area contributed by atoms with Crippen molar-refractivity contribution in [2.45, 2.75) is 32.7 Å². The van der Waals surface area contributed by atoms with Crippen LogP contribution in [0, 0.1) is 0 Å². The zero-order valence-electron chi connectivity index (χ0n) is 19.4. The van der Waals surface area contributed by atoms with Crippen molar-refractivity contribution in [1.82, 2.24) is 5.32 Å². The van der Waals surface area contributed by atoms with Gasteiger partial charge in [0.15, 0.2) is 6.61 Å². The first-order chi connectivity index (χ1) is 15.7. The predicted octanol–water partition coefficient (Wildman–Crippen LogP) is 5.72. The topological polar surface area (TPSA) is 58.6 Å². The minimum absolute atomic E-state index is 0.0158. The zero-order chi connectivity index (χ0) is 24.0. The molecule has 0 radical (unpaired) electrons. The summed E-state index contributed by atoms with van der Waals surface area (Å²) in [5.41, 5.74) is 3.14. The molecule has 2 amide bonds. The van der Waals surface area contributed by atoms with E-state index in [9.17, 15) is 9.59 Å². The zero-order valence-corrected chi connectivity index (χ0v) is 21.0. The van der Waals surface area contributed by atoms with Gasteiger partial charge in [-0.05, 0) is 56.7 Å². The molecule has 6 heteroatoms. The number of carbonyl (C=O) groups excluding carboxylic acids is 2. The van der Waals surface area contributed by atoms with Gasteiger partial charge in [0, 0.05) is 13.6 Å². The van der Waals surface area contributed by atoms with Crippen LogP contribution in [0.5, 0.6) is 5.75 Å². The van der Waals surface area contributed by atoms with Crippen molar-refractivity contribution < 1.29 is 14.3 Å². The summed E-state index contributed by atoms with van der Waals surface area (Å²) in [4.78, 5) is 27.1. The summed E-state index contributed by atoms with van der Waals surface area (Å²) in [6.07, 6.45) is 0. The Kier molecular flexibility index (Phi) is 7.92. The fourth-order valence-electron chi connectivity index (χ4n) is 3.29. The van der Waals surface area contributed by atoms with Gasteiger partial charge in [-0.15, -0.1) is 0 Å². The molecule has 0 aliphatic carbocycles. The molecule has 3 aromatic rings. The molecule has 0 bridgehead atoms. The number of rotatable bonds is 7. The van der Waals surface area contributed by atoms with E-state index in [1.54, 1.807) is 31.3 Å². The molecule has 0 atom stereocenters. The van der Waals surface area contributed by atoms with Crippen LogP contribution in [0.2, 0.25) is 0 Å². The molecule has 0 unspecified atom stereocenters. The van der Waals surface area contributed by atoms with E-state index in [0.717, 1.165) is 10.0 Å². The highest BCUT2D eigenvalue weighted by Crippen LogP contribution is 2.31. The third-order valence-corrected chi connectivity index (χ3v) is 5.95. The Morgan fingerprint density at radius 3 is 2.30 bits per heavy atom. The van der Waals surface area contributed by atoms with E-state index in [0.29, 0.717) is 23.5 Å². The summed E-state index contributed by atoms with van der Waals surface area (Å²) in [6, 6.07) is 22.6. The van der Waals surface area contributed by atoms with Crippen molar-refractivity contribution in [3.63, 3.8) is 0 Å². The monoisotopic (exact) mass is 508 g/mol. The minimum atomic E-state index is -0.259. The second-order valence-corrected chi connectivity index (χ2v) is 9.68. The molecule has 0 spiro atoms. The summed E-state index contributed by atoms with van der Waals surface area (Å²) in [7, 11) is 1.65. The first kappa shape index (κ1) is 24.5. The lowest BCUT2D eigenvalue weighted by Crippen LogP contribution is -2.33. The maximum absolute atomic E-state index is 12.9. The van der Waals surface area contributed by atoms with Gasteiger partial charge in [0.25, 0.3) is 11.8 Å². The number of carbonyl (C=O) groups is 2. The number of para-hydroxylation sites is 1. The molecule has 0 aromatic heterocycles. The maximum atomic E-state index is 12.9. The molecule has 3 aromatic carbocycles. The fourth-order valence-corrected chi connectivity index (χ4v) is 3.78. The highest BCUT2D eigenvalue weighted by Gasteiger charge is 2.20. The van der Waals surface area contributed by atoms with Crippen LogP contribution in [0.4, 0.5) is 5.69 Å². The largest absolute Gasteiger partial charge is 0.483 e. The molecular formula is C27H29BrN2O3. The van der Waals surface area contributed by atoms with Crippen molar-refractivity contribution >= 4 is 33.4 Å². The van der Waals surface area contributed by atoms with Crippen LogP contribution in [0.15, 0.2) is 77.3 Å². The molecule has 1 N–H and O–H groups in total. The molecule has 0 aliphatic rings. The number of nitrogens with one attached hydrogen (secondary N) is 1. The average molecular weight is 509 g/mol. The first-order valence-corrected chi connectivity index (χ1v) is 11.6. The predicted molar refractivity (Wildman–Crippen MR) is 136 cm³/mol. The quantitative estimate of drug-likeness (QED) is 0.444. The molecule has 0 heterocycles. The van der Waals surface area contributed by atoms with Crippen molar-refractivity contribution in [2.75, 3.05) is 18.6 Å². The minimum Gasteiger partial charge on any atom is -0.483 e. The normalized spacial score (nSPS) is 11.1. The highest BCUT2D eigenvalue weighted by molar-refractivity contribution is 9.10. The van der Waals surface area contributed by atoms with Crippen molar-refractivity contribution in [3.8, 4) is 5.75 Å². The van der Waals surface area contributed by atoms with Crippen molar-refractivity contribution in [2.24, 2.45) is 0 Å². The third-order valence-electron chi connectivity index (χ3n) is 5.33. The van der Waals surface area contributed by atoms with Gasteiger partial charge in [-0.2, -0.15) is 0 Å². The lowest BCUT2D eigenvalue weighted by atomic mass is 9.87. The van der Waals surface area contributed by atoms with E-state index in [2.05, 4.69) is 42.0 Å². The van der Waals surface area contributed by atoms with E-state index in [1.165, 1.54) is 10.5 Å². The molecule has 3 rings (SSSR count). The number of hydrogen-bond donors (Lipinski definition) is 1. The molecule has 0 fully saturated rings. The number of amides is 2. The molecule has 0 aliphatic heterocycles. The number of benzene rings is 3. The lowest BCUT2D eigenvalue weighted by Gasteiger charge is -2.22. The van der Waals surface area contributed by atoms with E-state index in [-0.39, 0.29) is 23.8 Å². The molecule has 0 saturated carbocycles. The third kappa shape index (κ3) is 6.45. The number of anilines is 1. The van der Waals surface area contributed by atoms with Crippen LogP contribution in [0.25, 0.3) is 0 Å². The molecule has 0 saturated heterocycles. The van der Waals surface area contributed by atoms with Gasteiger partial charge in [-0.1, -0.05) is 69.3 Å². The summed E-state index contributed by atoms with van der Waals surface area (Å²) < 4.78 is 6.57. The van der Waals surface area contributed by atoms with Crippen LogP contribution in [-0.4, -0.2) is 25.5 Å². The molecule has 33 heavy (non-hydrogen) atoms. The number of nitrogens with zero attached hydrogens (tertiary/aromatic N) is 1. The van der Waals surface area contributed by atoms with Crippen molar-refractivity contribution in [3.05, 3.63) is 94.0 Å². The average Bonchev–Trinajstić information content (AvgIpc) is 2.81. The number of ether oxygens (including phenoxy) is 1. The van der Waals surface area contributed by atoms with E-state index in [1.807, 2.05) is 48.5 Å². The maximum Gasteiger partial charge on any atom is 0.264 e. The standard InChI is InChI=1S/C27H29BrN2O3/c1-27(2,3)20-14-15-24(22(28)16-20)33-18-25(31)30(4)23-13-9-8-12-21(23)26(32)29-17-19-10-6-5-7-11-19/h5-16H,17-18H2,1-4H3,(H,29,32). The highest BCUT2D eigenvalue weighted by atomic mass is 79.9. The summed E-state index contributed by atoms with van der Waals surface area (Å²) in [5.74, 6) is 0.0966. The SMILES string of the molecule is CN(C(=O)COc1ccc(C(C)(C)C)cc1Br)c1ccccc1C(=O)NCc1ccccc1. The van der Waals surface area contributed by atoms with Gasteiger partial charge in [-0.3, -0.25) is 9.59 Å². The van der Waals surface area contributed by atoms with Crippen LogP contribution >= 0.6 is 15.9 Å². The van der Waals surface area contributed by atoms with Crippen LogP contribution < -0.4 is 15.0 Å². The second kappa shape index (κ2) is 10.7. The second-order valence-electron chi connectivity index (χ2n) is 8.82. The van der Waals surface area contributed by atoms with Crippen LogP contribution in [-0.2, 0) is 16.8 Å². The Labute approximate surface area is 203 Å². The Hall–Kier alpha value is -3.12. The Morgan fingerprint density at radius 2 is 1.64 bits per heavy atom.